The fraction of sp³-hybridized carbons (Fsp3) is 0.474. The Morgan fingerprint density at radius 3 is 2.62 bits per heavy atom. The van der Waals surface area contributed by atoms with Gasteiger partial charge in [-0.1, -0.05) is 28.9 Å². The molecule has 2 heterocycles. The molecule has 0 bridgehead atoms. The number of hydrogen-bond acceptors (Lipinski definition) is 5. The number of rotatable bonds is 6. The first-order valence-electron chi connectivity index (χ1n) is 8.84. The Morgan fingerprint density at radius 1 is 1.23 bits per heavy atom. The van der Waals surface area contributed by atoms with Crippen LogP contribution in [0.4, 0.5) is 0 Å². The highest BCUT2D eigenvalue weighted by Gasteiger charge is 2.23. The molecule has 1 aliphatic rings. The highest BCUT2D eigenvalue weighted by atomic mass is 35.5. The summed E-state index contributed by atoms with van der Waals surface area (Å²) in [4.78, 5) is 16.7. The molecular weight excluding hydrogens is 354 g/mol. The maximum atomic E-state index is 12.5. The maximum absolute atomic E-state index is 12.5. The fourth-order valence-electron chi connectivity index (χ4n) is 3.08. The number of aromatic nitrogens is 1. The van der Waals surface area contributed by atoms with Gasteiger partial charge in [-0.3, -0.25) is 9.69 Å². The van der Waals surface area contributed by atoms with E-state index < -0.39 is 0 Å². The second kappa shape index (κ2) is 8.56. The third kappa shape index (κ3) is 4.56. The van der Waals surface area contributed by atoms with Crippen LogP contribution < -0.4 is 4.74 Å². The molecule has 1 aliphatic heterocycles. The third-order valence-corrected chi connectivity index (χ3v) is 5.05. The zero-order chi connectivity index (χ0) is 18.5. The molecule has 0 saturated carbocycles. The van der Waals surface area contributed by atoms with Gasteiger partial charge in [0.15, 0.2) is 0 Å². The van der Waals surface area contributed by atoms with E-state index >= 15 is 0 Å². The highest BCUT2D eigenvalue weighted by Crippen LogP contribution is 2.23. The first-order chi connectivity index (χ1) is 12.5. The van der Waals surface area contributed by atoms with Crippen molar-refractivity contribution in [3.8, 4) is 5.75 Å². The minimum absolute atomic E-state index is 0.131. The Morgan fingerprint density at radius 2 is 1.96 bits per heavy atom. The number of benzene rings is 1. The number of piperazine rings is 1. The Bertz CT molecular complexity index is 735. The quantitative estimate of drug-likeness (QED) is 0.774. The van der Waals surface area contributed by atoms with E-state index in [-0.39, 0.29) is 5.91 Å². The molecule has 1 aromatic carbocycles. The van der Waals surface area contributed by atoms with Crippen molar-refractivity contribution in [2.24, 2.45) is 0 Å². The van der Waals surface area contributed by atoms with E-state index in [9.17, 15) is 4.79 Å². The number of hydrogen-bond donors (Lipinski definition) is 0. The van der Waals surface area contributed by atoms with Crippen molar-refractivity contribution in [3.05, 3.63) is 46.3 Å². The largest absolute Gasteiger partial charge is 0.491 e. The lowest BCUT2D eigenvalue weighted by molar-refractivity contribution is -0.132. The van der Waals surface area contributed by atoms with Crippen LogP contribution in [-0.2, 0) is 11.2 Å². The van der Waals surface area contributed by atoms with Gasteiger partial charge in [-0.2, -0.15) is 0 Å². The predicted molar refractivity (Wildman–Crippen MR) is 99.6 cm³/mol. The van der Waals surface area contributed by atoms with Crippen LogP contribution in [-0.4, -0.2) is 60.2 Å². The van der Waals surface area contributed by atoms with Crippen LogP contribution in [0.2, 0.25) is 5.02 Å². The van der Waals surface area contributed by atoms with E-state index in [4.69, 9.17) is 20.9 Å². The smallest absolute Gasteiger partial charge is 0.227 e. The molecule has 0 unspecified atom stereocenters. The minimum atomic E-state index is 0.131. The molecular formula is C19H24ClN3O3. The van der Waals surface area contributed by atoms with E-state index in [1.54, 1.807) is 0 Å². The van der Waals surface area contributed by atoms with Crippen molar-refractivity contribution in [2.45, 2.75) is 20.3 Å². The van der Waals surface area contributed by atoms with Gasteiger partial charge >= 0.3 is 0 Å². The molecule has 2 aromatic rings. The van der Waals surface area contributed by atoms with Crippen LogP contribution in [0.15, 0.2) is 28.8 Å². The van der Waals surface area contributed by atoms with E-state index in [0.29, 0.717) is 23.8 Å². The van der Waals surface area contributed by atoms with Crippen molar-refractivity contribution in [2.75, 3.05) is 39.3 Å². The minimum Gasteiger partial charge on any atom is -0.491 e. The normalized spacial score (nSPS) is 15.3. The predicted octanol–water partition coefficient (Wildman–Crippen LogP) is 2.71. The summed E-state index contributed by atoms with van der Waals surface area (Å²) < 4.78 is 10.9. The van der Waals surface area contributed by atoms with Crippen LogP contribution in [0.1, 0.15) is 17.0 Å². The van der Waals surface area contributed by atoms with Gasteiger partial charge in [0.1, 0.15) is 18.1 Å². The number of aryl methyl sites for hydroxylation is 2. The third-order valence-electron chi connectivity index (χ3n) is 4.74. The standard InChI is InChI=1S/C19H24ClN3O3/c1-14-16(15(2)26-21-14)13-19(24)23-9-7-22(8-10-23)11-12-25-18-6-4-3-5-17(18)20/h3-6H,7-13H2,1-2H3. The molecule has 1 saturated heterocycles. The van der Waals surface area contributed by atoms with E-state index in [2.05, 4.69) is 10.1 Å². The second-order valence-corrected chi connectivity index (χ2v) is 6.89. The van der Waals surface area contributed by atoms with Crippen LogP contribution in [0.25, 0.3) is 0 Å². The molecule has 0 radical (unpaired) electrons. The maximum Gasteiger partial charge on any atom is 0.227 e. The zero-order valence-corrected chi connectivity index (χ0v) is 16.0. The SMILES string of the molecule is Cc1noc(C)c1CC(=O)N1CCN(CCOc2ccccc2Cl)CC1. The molecule has 6 nitrogen and oxygen atoms in total. The van der Waals surface area contributed by atoms with Crippen LogP contribution in [0.5, 0.6) is 5.75 Å². The molecule has 0 spiro atoms. The lowest BCUT2D eigenvalue weighted by atomic mass is 10.1. The zero-order valence-electron chi connectivity index (χ0n) is 15.2. The first-order valence-corrected chi connectivity index (χ1v) is 9.21. The van der Waals surface area contributed by atoms with E-state index in [0.717, 1.165) is 49.7 Å². The number of para-hydroxylation sites is 1. The molecule has 1 amide bonds. The molecule has 7 heteroatoms. The molecule has 0 atom stereocenters. The van der Waals surface area contributed by atoms with Crippen LogP contribution in [0.3, 0.4) is 0 Å². The monoisotopic (exact) mass is 377 g/mol. The second-order valence-electron chi connectivity index (χ2n) is 6.48. The van der Waals surface area contributed by atoms with Crippen molar-refractivity contribution in [1.29, 1.82) is 0 Å². The van der Waals surface area contributed by atoms with Gasteiger partial charge in [-0.25, -0.2) is 0 Å². The summed E-state index contributed by atoms with van der Waals surface area (Å²) in [5, 5.41) is 4.54. The average molecular weight is 378 g/mol. The Balaban J connectivity index is 1.41. The van der Waals surface area contributed by atoms with E-state index in [1.807, 2.05) is 43.0 Å². The van der Waals surface area contributed by atoms with E-state index in [1.165, 1.54) is 0 Å². The molecule has 0 N–H and O–H groups in total. The summed E-state index contributed by atoms with van der Waals surface area (Å²) in [7, 11) is 0. The Hall–Kier alpha value is -2.05. The van der Waals surface area contributed by atoms with Crippen molar-refractivity contribution in [3.63, 3.8) is 0 Å². The number of carbonyl (C=O) groups is 1. The summed E-state index contributed by atoms with van der Waals surface area (Å²) in [6, 6.07) is 7.48. The first kappa shape index (κ1) is 18.7. The Labute approximate surface area is 158 Å². The van der Waals surface area contributed by atoms with Gasteiger partial charge in [0.2, 0.25) is 5.91 Å². The Kier molecular flexibility index (Phi) is 6.16. The van der Waals surface area contributed by atoms with Gasteiger partial charge in [-0.15, -0.1) is 0 Å². The average Bonchev–Trinajstić information content (AvgIpc) is 2.96. The van der Waals surface area contributed by atoms with Gasteiger partial charge < -0.3 is 14.2 Å². The number of halogens is 1. The summed E-state index contributed by atoms with van der Waals surface area (Å²) in [6.45, 7) is 8.27. The summed E-state index contributed by atoms with van der Waals surface area (Å²) >= 11 is 6.09. The number of ether oxygens (including phenoxy) is 1. The lowest BCUT2D eigenvalue weighted by Gasteiger charge is -2.34. The molecule has 1 aromatic heterocycles. The topological polar surface area (TPSA) is 58.8 Å². The summed E-state index contributed by atoms with van der Waals surface area (Å²) in [5.41, 5.74) is 1.71. The van der Waals surface area contributed by atoms with Crippen molar-refractivity contribution in [1.82, 2.24) is 15.0 Å². The number of carbonyl (C=O) groups excluding carboxylic acids is 1. The van der Waals surface area contributed by atoms with Crippen LogP contribution >= 0.6 is 11.6 Å². The molecule has 26 heavy (non-hydrogen) atoms. The van der Waals surface area contributed by atoms with Gasteiger partial charge in [0.25, 0.3) is 0 Å². The van der Waals surface area contributed by atoms with Crippen molar-refractivity contribution >= 4 is 17.5 Å². The number of amides is 1. The molecule has 1 fully saturated rings. The van der Waals surface area contributed by atoms with Gasteiger partial charge in [0, 0.05) is 38.3 Å². The summed E-state index contributed by atoms with van der Waals surface area (Å²) in [5.74, 6) is 1.57. The highest BCUT2D eigenvalue weighted by molar-refractivity contribution is 6.32. The summed E-state index contributed by atoms with van der Waals surface area (Å²) in [6.07, 6.45) is 0.358. The molecule has 3 rings (SSSR count). The van der Waals surface area contributed by atoms with Crippen molar-refractivity contribution < 1.29 is 14.1 Å². The number of nitrogens with zero attached hydrogens (tertiary/aromatic N) is 3. The van der Waals surface area contributed by atoms with Gasteiger partial charge in [0.05, 0.1) is 17.1 Å². The molecule has 140 valence electrons. The molecule has 0 aliphatic carbocycles. The fourth-order valence-corrected chi connectivity index (χ4v) is 3.27. The van der Waals surface area contributed by atoms with Crippen LogP contribution in [0, 0.1) is 13.8 Å². The van der Waals surface area contributed by atoms with Gasteiger partial charge in [-0.05, 0) is 26.0 Å². The lowest BCUT2D eigenvalue weighted by Crippen LogP contribution is -2.50.